The van der Waals surface area contributed by atoms with E-state index in [1.165, 1.54) is 18.2 Å². The molecular formula is C29H35N5O2. The summed E-state index contributed by atoms with van der Waals surface area (Å²) in [5.41, 5.74) is 5.42. The predicted molar refractivity (Wildman–Crippen MR) is 145 cm³/mol. The monoisotopic (exact) mass is 485 g/mol. The van der Waals surface area contributed by atoms with Crippen LogP contribution in [0.5, 0.6) is 0 Å². The van der Waals surface area contributed by atoms with Crippen molar-refractivity contribution in [1.29, 1.82) is 0 Å². The first-order valence-corrected chi connectivity index (χ1v) is 12.7. The van der Waals surface area contributed by atoms with Gasteiger partial charge in [-0.25, -0.2) is 9.97 Å². The van der Waals surface area contributed by atoms with Gasteiger partial charge in [0.1, 0.15) is 17.8 Å². The van der Waals surface area contributed by atoms with Gasteiger partial charge >= 0.3 is 5.97 Å². The van der Waals surface area contributed by atoms with Gasteiger partial charge < -0.3 is 20.4 Å². The van der Waals surface area contributed by atoms with Crippen molar-refractivity contribution < 1.29 is 9.53 Å². The lowest BCUT2D eigenvalue weighted by Gasteiger charge is -2.15. The number of ether oxygens (including phenoxy) is 1. The molecule has 3 N–H and O–H groups in total. The third-order valence-corrected chi connectivity index (χ3v) is 6.38. The summed E-state index contributed by atoms with van der Waals surface area (Å²) in [6.07, 6.45) is 6.29. The van der Waals surface area contributed by atoms with E-state index in [1.807, 2.05) is 18.2 Å². The first kappa shape index (κ1) is 25.4. The number of methoxy groups -OCH3 is 1. The Hall–Kier alpha value is -3.71. The van der Waals surface area contributed by atoms with Gasteiger partial charge in [0.15, 0.2) is 0 Å². The van der Waals surface area contributed by atoms with E-state index in [1.54, 1.807) is 6.33 Å². The highest BCUT2D eigenvalue weighted by Gasteiger charge is 2.12. The maximum absolute atomic E-state index is 11.1. The molecule has 2 heterocycles. The Morgan fingerprint density at radius 2 is 1.78 bits per heavy atom. The Labute approximate surface area is 212 Å². The van der Waals surface area contributed by atoms with Gasteiger partial charge in [-0.1, -0.05) is 67.4 Å². The van der Waals surface area contributed by atoms with Crippen LogP contribution in [0.1, 0.15) is 56.2 Å². The summed E-state index contributed by atoms with van der Waals surface area (Å²) < 4.78 is 4.67. The van der Waals surface area contributed by atoms with Crippen LogP contribution in [0.3, 0.4) is 0 Å². The van der Waals surface area contributed by atoms with Gasteiger partial charge in [0.2, 0.25) is 0 Å². The summed E-state index contributed by atoms with van der Waals surface area (Å²) in [6, 6.07) is 21.2. The van der Waals surface area contributed by atoms with Gasteiger partial charge in [-0.05, 0) is 49.1 Å². The molecule has 7 heteroatoms. The molecule has 0 aliphatic rings. The van der Waals surface area contributed by atoms with Gasteiger partial charge in [0.05, 0.1) is 12.5 Å². The van der Waals surface area contributed by atoms with Crippen molar-refractivity contribution >= 4 is 22.8 Å². The molecule has 0 saturated carbocycles. The van der Waals surface area contributed by atoms with Crippen LogP contribution in [-0.2, 0) is 16.1 Å². The maximum atomic E-state index is 11.1. The highest BCUT2D eigenvalue weighted by atomic mass is 16.5. The molecule has 7 nitrogen and oxygen atoms in total. The van der Waals surface area contributed by atoms with E-state index in [0.717, 1.165) is 66.9 Å². The Kier molecular flexibility index (Phi) is 9.05. The number of fused-ring (bicyclic) bond motifs is 1. The zero-order chi connectivity index (χ0) is 25.2. The highest BCUT2D eigenvalue weighted by molar-refractivity contribution is 5.91. The summed E-state index contributed by atoms with van der Waals surface area (Å²) in [4.78, 5) is 23.5. The minimum atomic E-state index is -0.119. The van der Waals surface area contributed by atoms with Crippen molar-refractivity contribution in [2.75, 3.05) is 19.0 Å². The smallest absolute Gasteiger partial charge is 0.305 e. The molecule has 0 aliphatic heterocycles. The van der Waals surface area contributed by atoms with Gasteiger partial charge in [0, 0.05) is 24.7 Å². The summed E-state index contributed by atoms with van der Waals surface area (Å²) >= 11 is 0. The first-order chi connectivity index (χ1) is 17.6. The minimum absolute atomic E-state index is 0.119. The maximum Gasteiger partial charge on any atom is 0.305 e. The van der Waals surface area contributed by atoms with Crippen LogP contribution in [0, 0.1) is 0 Å². The Morgan fingerprint density at radius 3 is 2.56 bits per heavy atom. The number of hydrogen-bond acceptors (Lipinski definition) is 6. The zero-order valence-electron chi connectivity index (χ0n) is 21.1. The number of carbonyl (C=O) groups is 1. The molecule has 1 atom stereocenters. The molecule has 0 amide bonds. The first-order valence-electron chi connectivity index (χ1n) is 12.7. The second kappa shape index (κ2) is 12.8. The largest absolute Gasteiger partial charge is 0.469 e. The van der Waals surface area contributed by atoms with E-state index >= 15 is 0 Å². The summed E-state index contributed by atoms with van der Waals surface area (Å²) in [7, 11) is 1.44. The number of H-pyrrole nitrogens is 1. The van der Waals surface area contributed by atoms with Gasteiger partial charge in [-0.3, -0.25) is 4.79 Å². The second-order valence-electron chi connectivity index (χ2n) is 9.06. The molecule has 1 unspecified atom stereocenters. The van der Waals surface area contributed by atoms with E-state index in [-0.39, 0.29) is 12.0 Å². The Balaban J connectivity index is 1.29. The molecule has 0 bridgehead atoms. The van der Waals surface area contributed by atoms with E-state index < -0.39 is 0 Å². The predicted octanol–water partition coefficient (Wildman–Crippen LogP) is 6.01. The molecule has 0 saturated heterocycles. The van der Waals surface area contributed by atoms with Crippen molar-refractivity contribution in [2.45, 2.75) is 51.6 Å². The van der Waals surface area contributed by atoms with Crippen LogP contribution in [-0.4, -0.2) is 34.6 Å². The summed E-state index contributed by atoms with van der Waals surface area (Å²) in [6.45, 7) is 3.94. The van der Waals surface area contributed by atoms with Crippen LogP contribution >= 0.6 is 0 Å². The SMILES string of the molecule is COC(=O)CCCCCCNCc1ccc(-c2cc3c(NC(C)c4ccccc4)ncnc3[nH]2)cc1. The number of rotatable bonds is 13. The van der Waals surface area contributed by atoms with Crippen molar-refractivity contribution in [2.24, 2.45) is 0 Å². The molecular weight excluding hydrogens is 450 g/mol. The van der Waals surface area contributed by atoms with Crippen molar-refractivity contribution in [3.8, 4) is 11.3 Å². The molecule has 2 aromatic carbocycles. The number of esters is 1. The molecule has 188 valence electrons. The number of benzene rings is 2. The fourth-order valence-electron chi connectivity index (χ4n) is 4.25. The fourth-order valence-corrected chi connectivity index (χ4v) is 4.25. The lowest BCUT2D eigenvalue weighted by Crippen LogP contribution is -2.14. The second-order valence-corrected chi connectivity index (χ2v) is 9.06. The van der Waals surface area contributed by atoms with Gasteiger partial charge in [0.25, 0.3) is 0 Å². The number of aromatic nitrogens is 3. The van der Waals surface area contributed by atoms with Crippen molar-refractivity contribution in [3.05, 3.63) is 78.1 Å². The number of aromatic amines is 1. The Morgan fingerprint density at radius 1 is 1.00 bits per heavy atom. The molecule has 0 fully saturated rings. The number of unbranched alkanes of at least 4 members (excludes halogenated alkanes) is 3. The van der Waals surface area contributed by atoms with Gasteiger partial charge in [-0.15, -0.1) is 0 Å². The fraction of sp³-hybridized carbons (Fsp3) is 0.345. The number of anilines is 1. The molecule has 0 radical (unpaired) electrons. The quantitative estimate of drug-likeness (QED) is 0.159. The number of carbonyl (C=O) groups excluding carboxylic acids is 1. The Bertz CT molecular complexity index is 1240. The normalized spacial score (nSPS) is 11.9. The molecule has 2 aromatic heterocycles. The average Bonchev–Trinajstić information content (AvgIpc) is 3.36. The lowest BCUT2D eigenvalue weighted by molar-refractivity contribution is -0.140. The standard InChI is InChI=1S/C29H35N5O2/c1-21(23-10-6-5-7-11-23)33-28-25-18-26(34-29(25)32-20-31-28)24-15-13-22(14-16-24)19-30-17-9-4-3-8-12-27(35)36-2/h5-7,10-11,13-16,18,20-21,30H,3-4,8-9,12,17,19H2,1-2H3,(H2,31,32,33,34). The molecule has 0 spiro atoms. The van der Waals surface area contributed by atoms with Crippen LogP contribution in [0.2, 0.25) is 0 Å². The molecule has 0 aliphatic carbocycles. The van der Waals surface area contributed by atoms with Crippen LogP contribution in [0.15, 0.2) is 67.0 Å². The lowest BCUT2D eigenvalue weighted by atomic mass is 10.1. The average molecular weight is 486 g/mol. The minimum Gasteiger partial charge on any atom is -0.469 e. The topological polar surface area (TPSA) is 91.9 Å². The van der Waals surface area contributed by atoms with Gasteiger partial charge in [-0.2, -0.15) is 0 Å². The highest BCUT2D eigenvalue weighted by Crippen LogP contribution is 2.29. The molecule has 36 heavy (non-hydrogen) atoms. The molecule has 4 aromatic rings. The van der Waals surface area contributed by atoms with E-state index in [2.05, 4.69) is 79.7 Å². The number of nitrogens with one attached hydrogen (secondary N) is 3. The zero-order valence-corrected chi connectivity index (χ0v) is 21.1. The van der Waals surface area contributed by atoms with Crippen molar-refractivity contribution in [3.63, 3.8) is 0 Å². The van der Waals surface area contributed by atoms with Crippen LogP contribution in [0.4, 0.5) is 5.82 Å². The van der Waals surface area contributed by atoms with E-state index in [4.69, 9.17) is 0 Å². The number of nitrogens with zero attached hydrogens (tertiary/aromatic N) is 2. The molecule has 4 rings (SSSR count). The number of hydrogen-bond donors (Lipinski definition) is 3. The van der Waals surface area contributed by atoms with Crippen LogP contribution in [0.25, 0.3) is 22.3 Å². The van der Waals surface area contributed by atoms with Crippen LogP contribution < -0.4 is 10.6 Å². The van der Waals surface area contributed by atoms with E-state index in [0.29, 0.717) is 6.42 Å². The third-order valence-electron chi connectivity index (χ3n) is 6.38. The summed E-state index contributed by atoms with van der Waals surface area (Å²) in [5.74, 6) is 0.705. The summed E-state index contributed by atoms with van der Waals surface area (Å²) in [5, 5.41) is 8.01. The van der Waals surface area contributed by atoms with Crippen molar-refractivity contribution in [1.82, 2.24) is 20.3 Å². The third kappa shape index (κ3) is 6.92. The van der Waals surface area contributed by atoms with E-state index in [9.17, 15) is 4.79 Å².